The first-order valence-electron chi connectivity index (χ1n) is 7.35. The maximum Gasteiger partial charge on any atom is 0.151 e. The first-order valence-corrected chi connectivity index (χ1v) is 9.17. The molecule has 5 heteroatoms. The standard InChI is InChI=1S/C14H30N2O2S/c1-6-19(17,18)8-7-16-10-13(9-12(2)3)15-11-14(16,4)5/h12-13,15H,6-11H2,1-5H3. The van der Waals surface area contributed by atoms with Gasteiger partial charge in [0.25, 0.3) is 0 Å². The van der Waals surface area contributed by atoms with E-state index < -0.39 is 9.84 Å². The smallest absolute Gasteiger partial charge is 0.151 e. The van der Waals surface area contributed by atoms with Crippen LogP contribution in [0.3, 0.4) is 0 Å². The normalized spacial score (nSPS) is 24.8. The highest BCUT2D eigenvalue weighted by molar-refractivity contribution is 7.91. The molecule has 0 aromatic rings. The monoisotopic (exact) mass is 290 g/mol. The highest BCUT2D eigenvalue weighted by Crippen LogP contribution is 2.21. The van der Waals surface area contributed by atoms with Gasteiger partial charge >= 0.3 is 0 Å². The molecule has 1 unspecified atom stereocenters. The number of nitrogens with one attached hydrogen (secondary N) is 1. The minimum Gasteiger partial charge on any atom is -0.311 e. The van der Waals surface area contributed by atoms with Gasteiger partial charge < -0.3 is 5.32 Å². The maximum absolute atomic E-state index is 11.7. The van der Waals surface area contributed by atoms with Crippen LogP contribution in [-0.4, -0.2) is 56.0 Å². The summed E-state index contributed by atoms with van der Waals surface area (Å²) in [4.78, 5) is 2.34. The Morgan fingerprint density at radius 3 is 2.53 bits per heavy atom. The zero-order chi connectivity index (χ0) is 14.7. The van der Waals surface area contributed by atoms with Gasteiger partial charge in [-0.1, -0.05) is 20.8 Å². The van der Waals surface area contributed by atoms with Crippen molar-refractivity contribution >= 4 is 9.84 Å². The molecule has 0 bridgehead atoms. The third-order valence-corrected chi connectivity index (χ3v) is 5.67. The van der Waals surface area contributed by atoms with Crippen LogP contribution in [0.1, 0.15) is 41.0 Å². The van der Waals surface area contributed by atoms with E-state index in [0.717, 1.165) is 19.5 Å². The number of hydrogen-bond acceptors (Lipinski definition) is 4. The number of rotatable bonds is 6. The van der Waals surface area contributed by atoms with Crippen molar-refractivity contribution in [2.45, 2.75) is 52.6 Å². The summed E-state index contributed by atoms with van der Waals surface area (Å²) in [5, 5.41) is 3.59. The van der Waals surface area contributed by atoms with E-state index in [-0.39, 0.29) is 17.0 Å². The van der Waals surface area contributed by atoms with Gasteiger partial charge in [-0.2, -0.15) is 0 Å². The molecule has 1 fully saturated rings. The summed E-state index contributed by atoms with van der Waals surface area (Å²) in [6, 6.07) is 0.484. The van der Waals surface area contributed by atoms with Gasteiger partial charge in [-0.15, -0.1) is 0 Å². The molecular formula is C14H30N2O2S. The molecule has 1 rings (SSSR count). The molecule has 114 valence electrons. The van der Waals surface area contributed by atoms with Crippen LogP contribution in [0.15, 0.2) is 0 Å². The fraction of sp³-hybridized carbons (Fsp3) is 1.00. The molecule has 1 atom stereocenters. The lowest BCUT2D eigenvalue weighted by Crippen LogP contribution is -2.62. The SMILES string of the molecule is CCS(=O)(=O)CCN1CC(CC(C)C)NCC1(C)C. The van der Waals surface area contributed by atoms with Crippen LogP contribution < -0.4 is 5.32 Å². The van der Waals surface area contributed by atoms with Gasteiger partial charge in [0.2, 0.25) is 0 Å². The molecule has 0 aliphatic carbocycles. The molecule has 0 radical (unpaired) electrons. The Labute approximate surface area is 118 Å². The van der Waals surface area contributed by atoms with E-state index in [0.29, 0.717) is 18.5 Å². The molecule has 4 nitrogen and oxygen atoms in total. The van der Waals surface area contributed by atoms with Crippen molar-refractivity contribution in [2.24, 2.45) is 5.92 Å². The summed E-state index contributed by atoms with van der Waals surface area (Å²) < 4.78 is 23.3. The highest BCUT2D eigenvalue weighted by Gasteiger charge is 2.34. The van der Waals surface area contributed by atoms with E-state index in [1.54, 1.807) is 6.92 Å². The van der Waals surface area contributed by atoms with Crippen LogP contribution in [0.4, 0.5) is 0 Å². The lowest BCUT2D eigenvalue weighted by atomic mass is 9.94. The zero-order valence-electron chi connectivity index (χ0n) is 13.1. The van der Waals surface area contributed by atoms with Gasteiger partial charge in [0.1, 0.15) is 0 Å². The summed E-state index contributed by atoms with van der Waals surface area (Å²) in [7, 11) is -2.87. The van der Waals surface area contributed by atoms with Crippen LogP contribution >= 0.6 is 0 Å². The Balaban J connectivity index is 2.61. The summed E-state index contributed by atoms with van der Waals surface area (Å²) in [5.74, 6) is 1.19. The van der Waals surface area contributed by atoms with E-state index in [4.69, 9.17) is 0 Å². The van der Waals surface area contributed by atoms with Crippen molar-refractivity contribution in [3.8, 4) is 0 Å². The minimum absolute atomic E-state index is 0.0384. The van der Waals surface area contributed by atoms with Gasteiger partial charge in [0.05, 0.1) is 5.75 Å². The topological polar surface area (TPSA) is 49.4 Å². The van der Waals surface area contributed by atoms with Crippen LogP contribution in [-0.2, 0) is 9.84 Å². The first-order chi connectivity index (χ1) is 8.66. The van der Waals surface area contributed by atoms with Gasteiger partial charge in [-0.25, -0.2) is 8.42 Å². The van der Waals surface area contributed by atoms with Gasteiger partial charge in [0, 0.05) is 37.0 Å². The molecule has 19 heavy (non-hydrogen) atoms. The Kier molecular flexibility index (Phi) is 5.83. The fourth-order valence-corrected chi connectivity index (χ4v) is 3.39. The van der Waals surface area contributed by atoms with Crippen LogP contribution in [0.2, 0.25) is 0 Å². The summed E-state index contributed by atoms with van der Waals surface area (Å²) in [6.07, 6.45) is 1.15. The average molecular weight is 290 g/mol. The summed E-state index contributed by atoms with van der Waals surface area (Å²) in [5.41, 5.74) is 0.0384. The quantitative estimate of drug-likeness (QED) is 0.806. The van der Waals surface area contributed by atoms with E-state index in [1.165, 1.54) is 0 Å². The van der Waals surface area contributed by atoms with Gasteiger partial charge in [-0.05, 0) is 26.2 Å². The minimum atomic E-state index is -2.87. The van der Waals surface area contributed by atoms with E-state index in [9.17, 15) is 8.42 Å². The van der Waals surface area contributed by atoms with Crippen molar-refractivity contribution in [1.29, 1.82) is 0 Å². The third-order valence-electron chi connectivity index (χ3n) is 3.99. The molecule has 1 saturated heterocycles. The second-order valence-corrected chi connectivity index (χ2v) is 9.17. The highest BCUT2D eigenvalue weighted by atomic mass is 32.2. The van der Waals surface area contributed by atoms with E-state index >= 15 is 0 Å². The number of nitrogens with zero attached hydrogens (tertiary/aromatic N) is 1. The Bertz CT molecular complexity index is 377. The maximum atomic E-state index is 11.7. The third kappa shape index (κ3) is 5.40. The number of sulfone groups is 1. The fourth-order valence-electron chi connectivity index (χ4n) is 2.60. The molecule has 1 heterocycles. The molecule has 0 spiro atoms. The van der Waals surface area contributed by atoms with Crippen LogP contribution in [0, 0.1) is 5.92 Å². The van der Waals surface area contributed by atoms with Gasteiger partial charge in [0.15, 0.2) is 9.84 Å². The van der Waals surface area contributed by atoms with Gasteiger partial charge in [-0.3, -0.25) is 4.90 Å². The lowest BCUT2D eigenvalue weighted by Gasteiger charge is -2.46. The summed E-state index contributed by atoms with van der Waals surface area (Å²) in [6.45, 7) is 13.1. The average Bonchev–Trinajstić information content (AvgIpc) is 2.29. The van der Waals surface area contributed by atoms with Crippen molar-refractivity contribution in [3.05, 3.63) is 0 Å². The van der Waals surface area contributed by atoms with Crippen molar-refractivity contribution in [3.63, 3.8) is 0 Å². The Morgan fingerprint density at radius 2 is 2.00 bits per heavy atom. The Hall–Kier alpha value is -0.130. The number of piperazine rings is 1. The zero-order valence-corrected chi connectivity index (χ0v) is 13.9. The second-order valence-electron chi connectivity index (χ2n) is 6.70. The predicted octanol–water partition coefficient (Wildman–Crippen LogP) is 1.52. The second kappa shape index (κ2) is 6.55. The van der Waals surface area contributed by atoms with E-state index in [1.807, 2.05) is 0 Å². The molecule has 0 aromatic carbocycles. The number of hydrogen-bond donors (Lipinski definition) is 1. The molecule has 0 saturated carbocycles. The summed E-state index contributed by atoms with van der Waals surface area (Å²) >= 11 is 0. The predicted molar refractivity (Wildman–Crippen MR) is 81.2 cm³/mol. The van der Waals surface area contributed by atoms with Crippen molar-refractivity contribution < 1.29 is 8.42 Å². The Morgan fingerprint density at radius 1 is 1.37 bits per heavy atom. The van der Waals surface area contributed by atoms with Crippen molar-refractivity contribution in [2.75, 3.05) is 31.1 Å². The van der Waals surface area contributed by atoms with Crippen LogP contribution in [0.5, 0.6) is 0 Å². The first kappa shape index (κ1) is 16.9. The molecule has 0 amide bonds. The molecule has 1 aliphatic heterocycles. The molecular weight excluding hydrogens is 260 g/mol. The largest absolute Gasteiger partial charge is 0.311 e. The van der Waals surface area contributed by atoms with E-state index in [2.05, 4.69) is 37.9 Å². The molecule has 1 aliphatic rings. The van der Waals surface area contributed by atoms with Crippen molar-refractivity contribution in [1.82, 2.24) is 10.2 Å². The molecule has 0 aromatic heterocycles. The van der Waals surface area contributed by atoms with Crippen LogP contribution in [0.25, 0.3) is 0 Å². The molecule has 1 N–H and O–H groups in total. The lowest BCUT2D eigenvalue weighted by molar-refractivity contribution is 0.0671.